The first-order valence-electron chi connectivity index (χ1n) is 24.7. The molecule has 4 aliphatic heterocycles. The molecular formula is C58H55ClN2O14. The second-order valence-corrected chi connectivity index (χ2v) is 18.6. The van der Waals surface area contributed by atoms with Gasteiger partial charge < -0.3 is 47.4 Å². The van der Waals surface area contributed by atoms with E-state index in [0.29, 0.717) is 11.5 Å². The number of halogens is 1. The van der Waals surface area contributed by atoms with E-state index in [2.05, 4.69) is 0 Å². The highest BCUT2D eigenvalue weighted by Gasteiger charge is 2.62. The summed E-state index contributed by atoms with van der Waals surface area (Å²) in [5, 5.41) is 0. The average molecular weight is 1040 g/mol. The van der Waals surface area contributed by atoms with Gasteiger partial charge >= 0.3 is 12.1 Å². The van der Waals surface area contributed by atoms with Gasteiger partial charge in [0.2, 0.25) is 6.29 Å². The number of imide groups is 1. The lowest BCUT2D eigenvalue weighted by molar-refractivity contribution is -0.335. The topological polar surface area (TPSA) is 167 Å². The van der Waals surface area contributed by atoms with Crippen molar-refractivity contribution in [3.8, 4) is 11.5 Å². The summed E-state index contributed by atoms with van der Waals surface area (Å²) in [6.45, 7) is 0.0725. The third kappa shape index (κ3) is 11.7. The van der Waals surface area contributed by atoms with Crippen molar-refractivity contribution in [2.75, 3.05) is 26.2 Å². The Morgan fingerprint density at radius 2 is 1.05 bits per heavy atom. The van der Waals surface area contributed by atoms with Crippen molar-refractivity contribution >= 4 is 35.5 Å². The molecule has 4 heterocycles. The Hall–Kier alpha value is -7.15. The van der Waals surface area contributed by atoms with Crippen LogP contribution in [0.2, 0.25) is 0 Å². The minimum absolute atomic E-state index is 0.0242. The van der Waals surface area contributed by atoms with Crippen molar-refractivity contribution in [3.63, 3.8) is 0 Å². The molecule has 75 heavy (non-hydrogen) atoms. The van der Waals surface area contributed by atoms with Crippen molar-refractivity contribution in [1.82, 2.24) is 9.80 Å². The van der Waals surface area contributed by atoms with Gasteiger partial charge in [0.1, 0.15) is 53.9 Å². The molecule has 388 valence electrons. The molecular weight excluding hydrogens is 984 g/mol. The van der Waals surface area contributed by atoms with Crippen LogP contribution in [0.3, 0.4) is 0 Å². The summed E-state index contributed by atoms with van der Waals surface area (Å²) in [5.41, 5.74) is 3.65. The van der Waals surface area contributed by atoms with Gasteiger partial charge in [0.25, 0.3) is 11.8 Å². The highest BCUT2D eigenvalue weighted by atomic mass is 35.5. The number of methoxy groups -OCH3 is 1. The van der Waals surface area contributed by atoms with E-state index in [4.69, 9.17) is 59.0 Å². The highest BCUT2D eigenvalue weighted by molar-refractivity contribution is 6.26. The molecule has 0 aliphatic carbocycles. The first kappa shape index (κ1) is 51.3. The molecule has 0 aromatic heterocycles. The van der Waals surface area contributed by atoms with Gasteiger partial charge in [0, 0.05) is 6.54 Å². The fourth-order valence-corrected chi connectivity index (χ4v) is 9.92. The molecule has 0 saturated carbocycles. The molecule has 6 aromatic rings. The standard InChI is InChI=1S/C58H55ClN2O14/c1-66-41-26-28-42(29-27-41)70-57-49(61-54(63)43-24-14-15-25-44(43)55(61)64)52(69-34-40-22-12-5-13-23-40)50(45(72-57)35-67-32-38-18-8-3-9-19-38)74-56-48-53(75-58(65)60(48)31-37-16-6-2-7-17-37)51(73-47(62)30-59)46(71-56)36-68-33-39-20-10-4-11-21-39/h2-29,45-46,48-53,56-57H,30-36H2,1H3/t45-,46-,48-,49-,50-,51-,52-,53-,56-,57-/m1/s1. The van der Waals surface area contributed by atoms with Crippen molar-refractivity contribution in [1.29, 1.82) is 0 Å². The van der Waals surface area contributed by atoms with E-state index in [0.717, 1.165) is 27.2 Å². The Bertz CT molecular complexity index is 2830. The van der Waals surface area contributed by atoms with Crippen LogP contribution in [0.5, 0.6) is 11.5 Å². The number of ether oxygens (including phenoxy) is 10. The number of amides is 3. The minimum Gasteiger partial charge on any atom is -0.497 e. The SMILES string of the molecule is COc1ccc(O[C@@H]2O[C@H](COCc3ccccc3)[C@@H](O[C@H]3O[C@H](COCc4ccccc4)[C@@H](OC(=O)CCl)[C@@H]4OC(=O)N(Cc5ccccc5)[C@@H]34)[C@H](OCc3ccccc3)[C@H]2N2C(=O)c3ccccc3C2=O)cc1. The van der Waals surface area contributed by atoms with Crippen LogP contribution in [-0.2, 0) is 69.1 Å². The van der Waals surface area contributed by atoms with Crippen LogP contribution in [0.25, 0.3) is 0 Å². The molecule has 3 saturated heterocycles. The van der Waals surface area contributed by atoms with Gasteiger partial charge in [-0.15, -0.1) is 11.6 Å². The van der Waals surface area contributed by atoms with E-state index >= 15 is 0 Å². The molecule has 4 aliphatic rings. The third-order valence-electron chi connectivity index (χ3n) is 13.4. The summed E-state index contributed by atoms with van der Waals surface area (Å²) in [7, 11) is 1.55. The number of hydrogen-bond acceptors (Lipinski definition) is 14. The van der Waals surface area contributed by atoms with E-state index in [1.54, 1.807) is 55.6 Å². The molecule has 0 unspecified atom stereocenters. The van der Waals surface area contributed by atoms with Gasteiger partial charge in [-0.25, -0.2) is 4.79 Å². The van der Waals surface area contributed by atoms with Gasteiger partial charge in [-0.1, -0.05) is 133 Å². The van der Waals surface area contributed by atoms with Gasteiger partial charge in [0.05, 0.1) is 51.3 Å². The van der Waals surface area contributed by atoms with Crippen LogP contribution in [0, 0.1) is 0 Å². The zero-order chi connectivity index (χ0) is 51.7. The predicted octanol–water partition coefficient (Wildman–Crippen LogP) is 8.13. The van der Waals surface area contributed by atoms with Crippen molar-refractivity contribution in [2.24, 2.45) is 0 Å². The lowest BCUT2D eigenvalue weighted by Crippen LogP contribution is -2.70. The molecule has 0 N–H and O–H groups in total. The van der Waals surface area contributed by atoms with Crippen LogP contribution in [0.4, 0.5) is 4.79 Å². The Labute approximate surface area is 438 Å². The number of carbonyl (C=O) groups is 4. The summed E-state index contributed by atoms with van der Waals surface area (Å²) in [4.78, 5) is 59.7. The monoisotopic (exact) mass is 1040 g/mol. The molecule has 6 aromatic carbocycles. The van der Waals surface area contributed by atoms with Gasteiger partial charge in [0.15, 0.2) is 18.5 Å². The van der Waals surface area contributed by atoms with E-state index in [1.165, 1.54) is 4.90 Å². The van der Waals surface area contributed by atoms with Crippen LogP contribution < -0.4 is 9.47 Å². The number of esters is 1. The summed E-state index contributed by atoms with van der Waals surface area (Å²) in [6.07, 6.45) is -10.7. The highest BCUT2D eigenvalue weighted by Crippen LogP contribution is 2.41. The first-order chi connectivity index (χ1) is 36.8. The number of carbonyl (C=O) groups excluding carboxylic acids is 4. The molecule has 3 amide bonds. The average Bonchev–Trinajstić information content (AvgIpc) is 3.91. The maximum absolute atomic E-state index is 14.8. The number of nitrogens with zero attached hydrogens (tertiary/aromatic N) is 2. The van der Waals surface area contributed by atoms with E-state index in [9.17, 15) is 19.2 Å². The Balaban J connectivity index is 1.09. The van der Waals surface area contributed by atoms with E-state index in [1.807, 2.05) is 121 Å². The second kappa shape index (κ2) is 24.0. The first-order valence-corrected chi connectivity index (χ1v) is 25.2. The molecule has 0 spiro atoms. The number of benzene rings is 6. The summed E-state index contributed by atoms with van der Waals surface area (Å²) in [6, 6.07) is 48.7. The Kier molecular flexibility index (Phi) is 16.4. The summed E-state index contributed by atoms with van der Waals surface area (Å²) < 4.78 is 65.5. The predicted molar refractivity (Wildman–Crippen MR) is 270 cm³/mol. The van der Waals surface area contributed by atoms with Crippen molar-refractivity contribution in [2.45, 2.75) is 87.7 Å². The lowest BCUT2D eigenvalue weighted by Gasteiger charge is -2.50. The van der Waals surface area contributed by atoms with Crippen molar-refractivity contribution in [3.05, 3.63) is 203 Å². The molecule has 3 fully saturated rings. The molecule has 16 nitrogen and oxygen atoms in total. The summed E-state index contributed by atoms with van der Waals surface area (Å²) >= 11 is 6.05. The van der Waals surface area contributed by atoms with Crippen LogP contribution in [0.1, 0.15) is 43.0 Å². The Morgan fingerprint density at radius 1 is 0.560 bits per heavy atom. The largest absolute Gasteiger partial charge is 0.497 e. The number of rotatable bonds is 21. The van der Waals surface area contributed by atoms with Gasteiger partial charge in [-0.3, -0.25) is 24.2 Å². The molecule has 0 bridgehead atoms. The fourth-order valence-electron chi connectivity index (χ4n) is 9.85. The van der Waals surface area contributed by atoms with Gasteiger partial charge in [-0.2, -0.15) is 0 Å². The zero-order valence-electron chi connectivity index (χ0n) is 40.9. The molecule has 10 atom stereocenters. The van der Waals surface area contributed by atoms with E-state index < -0.39 is 91.0 Å². The molecule has 0 radical (unpaired) electrons. The number of hydrogen-bond donors (Lipinski definition) is 0. The molecule has 17 heteroatoms. The van der Waals surface area contributed by atoms with Crippen molar-refractivity contribution < 1.29 is 66.5 Å². The lowest BCUT2D eigenvalue weighted by atomic mass is 9.93. The summed E-state index contributed by atoms with van der Waals surface area (Å²) in [5.74, 6) is -1.56. The Morgan fingerprint density at radius 3 is 1.60 bits per heavy atom. The maximum atomic E-state index is 14.8. The second-order valence-electron chi connectivity index (χ2n) is 18.3. The number of fused-ring (bicyclic) bond motifs is 2. The normalized spacial score (nSPS) is 25.1. The fraction of sp³-hybridized carbons (Fsp3) is 0.310. The molecule has 10 rings (SSSR count). The van der Waals surface area contributed by atoms with E-state index in [-0.39, 0.29) is 50.7 Å². The number of alkyl halides is 1. The smallest absolute Gasteiger partial charge is 0.411 e. The van der Waals surface area contributed by atoms with Crippen LogP contribution in [0.15, 0.2) is 170 Å². The quantitative estimate of drug-likeness (QED) is 0.0385. The minimum atomic E-state index is -1.41. The van der Waals surface area contributed by atoms with Crippen LogP contribution in [-0.4, -0.2) is 121 Å². The van der Waals surface area contributed by atoms with Gasteiger partial charge in [-0.05, 0) is 58.7 Å². The van der Waals surface area contributed by atoms with Crippen LogP contribution >= 0.6 is 11.6 Å². The maximum Gasteiger partial charge on any atom is 0.411 e. The third-order valence-corrected chi connectivity index (χ3v) is 13.7. The zero-order valence-corrected chi connectivity index (χ0v) is 41.6.